The lowest BCUT2D eigenvalue weighted by Gasteiger charge is -2.22. The number of carbonyl (C=O) groups is 1. The van der Waals surface area contributed by atoms with Crippen LogP contribution in [0.5, 0.6) is 0 Å². The van der Waals surface area contributed by atoms with Crippen LogP contribution in [-0.2, 0) is 4.79 Å². The summed E-state index contributed by atoms with van der Waals surface area (Å²) in [5, 5.41) is 0. The molecular formula is C11H12FN3O. The maximum atomic E-state index is 12.8. The fraction of sp³-hybridized carbons (Fsp3) is 0.364. The van der Waals surface area contributed by atoms with E-state index in [-0.39, 0.29) is 6.04 Å². The average Bonchev–Trinajstić information content (AvgIpc) is 2.77. The van der Waals surface area contributed by atoms with Crippen molar-refractivity contribution in [3.63, 3.8) is 0 Å². The lowest BCUT2D eigenvalue weighted by atomic mass is 10.2. The fourth-order valence-electron chi connectivity index (χ4n) is 1.92. The Bertz CT molecular complexity index is 407. The van der Waals surface area contributed by atoms with Gasteiger partial charge in [-0.05, 0) is 18.9 Å². The summed E-state index contributed by atoms with van der Waals surface area (Å²) in [6, 6.07) is 1.49. The molecule has 4 nitrogen and oxygen atoms in total. The molecule has 1 aliphatic rings. The van der Waals surface area contributed by atoms with Gasteiger partial charge in [0.2, 0.25) is 0 Å². The predicted octanol–water partition coefficient (Wildman–Crippen LogP) is 1.62. The minimum atomic E-state index is -0.928. The fourth-order valence-corrected chi connectivity index (χ4v) is 1.92. The van der Waals surface area contributed by atoms with Crippen molar-refractivity contribution in [2.75, 3.05) is 6.54 Å². The molecule has 1 aromatic rings. The summed E-state index contributed by atoms with van der Waals surface area (Å²) in [6.07, 6.45) is 4.84. The second kappa shape index (κ2) is 4.38. The minimum Gasteiger partial charge on any atom is -0.326 e. The van der Waals surface area contributed by atoms with E-state index in [1.165, 1.54) is 4.90 Å². The molecule has 1 amide bonds. The van der Waals surface area contributed by atoms with Gasteiger partial charge in [0.1, 0.15) is 0 Å². The lowest BCUT2D eigenvalue weighted by Crippen LogP contribution is -2.31. The number of hydrogen-bond donors (Lipinski definition) is 0. The van der Waals surface area contributed by atoms with Crippen molar-refractivity contribution < 1.29 is 9.18 Å². The van der Waals surface area contributed by atoms with Crippen LogP contribution in [0.4, 0.5) is 4.39 Å². The van der Waals surface area contributed by atoms with E-state index in [0.717, 1.165) is 12.8 Å². The van der Waals surface area contributed by atoms with Crippen LogP contribution >= 0.6 is 0 Å². The van der Waals surface area contributed by atoms with Crippen molar-refractivity contribution in [2.24, 2.45) is 0 Å². The zero-order chi connectivity index (χ0) is 11.5. The van der Waals surface area contributed by atoms with Crippen molar-refractivity contribution in [3.8, 4) is 0 Å². The second-order valence-electron chi connectivity index (χ2n) is 3.67. The van der Waals surface area contributed by atoms with Gasteiger partial charge in [-0.3, -0.25) is 4.79 Å². The Balaban J connectivity index is 2.22. The Labute approximate surface area is 92.8 Å². The van der Waals surface area contributed by atoms with Crippen molar-refractivity contribution in [3.05, 3.63) is 36.7 Å². The summed E-state index contributed by atoms with van der Waals surface area (Å²) in [6.45, 7) is 3.56. The molecule has 2 heterocycles. The maximum Gasteiger partial charge on any atom is 0.282 e. The topological polar surface area (TPSA) is 46.1 Å². The molecule has 5 heteroatoms. The summed E-state index contributed by atoms with van der Waals surface area (Å²) in [4.78, 5) is 21.2. The highest BCUT2D eigenvalue weighted by molar-refractivity contribution is 5.91. The quantitative estimate of drug-likeness (QED) is 0.713. The Morgan fingerprint density at radius 2 is 2.19 bits per heavy atom. The molecule has 1 aliphatic heterocycles. The molecule has 1 atom stereocenters. The zero-order valence-corrected chi connectivity index (χ0v) is 8.77. The first kappa shape index (κ1) is 10.7. The van der Waals surface area contributed by atoms with E-state index in [4.69, 9.17) is 0 Å². The van der Waals surface area contributed by atoms with Crippen LogP contribution in [-0.4, -0.2) is 27.3 Å². The highest BCUT2D eigenvalue weighted by atomic mass is 19.1. The van der Waals surface area contributed by atoms with E-state index < -0.39 is 11.7 Å². The molecule has 1 saturated heterocycles. The van der Waals surface area contributed by atoms with Gasteiger partial charge in [0, 0.05) is 18.9 Å². The van der Waals surface area contributed by atoms with Crippen molar-refractivity contribution in [2.45, 2.75) is 18.9 Å². The van der Waals surface area contributed by atoms with Gasteiger partial charge >= 0.3 is 0 Å². The third kappa shape index (κ3) is 1.93. The largest absolute Gasteiger partial charge is 0.326 e. The number of carbonyl (C=O) groups excluding carboxylic acids is 1. The predicted molar refractivity (Wildman–Crippen MR) is 56.0 cm³/mol. The molecular weight excluding hydrogens is 209 g/mol. The summed E-state index contributed by atoms with van der Waals surface area (Å²) in [5.41, 5.74) is 0. The van der Waals surface area contributed by atoms with Crippen LogP contribution in [0, 0.1) is 0 Å². The molecule has 0 N–H and O–H groups in total. The van der Waals surface area contributed by atoms with E-state index in [0.29, 0.717) is 12.4 Å². The summed E-state index contributed by atoms with van der Waals surface area (Å²) in [5.74, 6) is -1.02. The van der Waals surface area contributed by atoms with Gasteiger partial charge in [-0.2, -0.15) is 0 Å². The minimum absolute atomic E-state index is 0.221. The summed E-state index contributed by atoms with van der Waals surface area (Å²) < 4.78 is 12.8. The molecule has 0 aliphatic carbocycles. The standard InChI is InChI=1S/C11H12FN3O/c1-8(12)11(16)15-7-2-4-9(15)10-13-5-3-6-14-10/h3,5-6,9H,1-2,4,7H2. The molecule has 84 valence electrons. The molecule has 0 radical (unpaired) electrons. The Morgan fingerprint density at radius 1 is 1.50 bits per heavy atom. The number of rotatable bonds is 2. The van der Waals surface area contributed by atoms with E-state index in [1.807, 2.05) is 0 Å². The first-order valence-corrected chi connectivity index (χ1v) is 5.12. The van der Waals surface area contributed by atoms with Gasteiger partial charge in [0.25, 0.3) is 5.91 Å². The van der Waals surface area contributed by atoms with E-state index in [1.54, 1.807) is 18.5 Å². The smallest absolute Gasteiger partial charge is 0.282 e. The normalized spacial score (nSPS) is 19.8. The van der Waals surface area contributed by atoms with Gasteiger partial charge in [-0.25, -0.2) is 14.4 Å². The summed E-state index contributed by atoms with van der Waals surface area (Å²) in [7, 11) is 0. The van der Waals surface area contributed by atoms with Crippen LogP contribution < -0.4 is 0 Å². The van der Waals surface area contributed by atoms with Gasteiger partial charge in [-0.1, -0.05) is 6.58 Å². The zero-order valence-electron chi connectivity index (χ0n) is 8.77. The molecule has 0 bridgehead atoms. The number of likely N-dealkylation sites (tertiary alicyclic amines) is 1. The van der Waals surface area contributed by atoms with Crippen LogP contribution in [0.1, 0.15) is 24.7 Å². The van der Waals surface area contributed by atoms with Gasteiger partial charge < -0.3 is 4.90 Å². The van der Waals surface area contributed by atoms with Gasteiger partial charge in [0.15, 0.2) is 11.7 Å². The van der Waals surface area contributed by atoms with Crippen molar-refractivity contribution in [1.29, 1.82) is 0 Å². The first-order chi connectivity index (χ1) is 7.70. The summed E-state index contributed by atoms with van der Waals surface area (Å²) >= 11 is 0. The van der Waals surface area contributed by atoms with Crippen LogP contribution in [0.25, 0.3) is 0 Å². The SMILES string of the molecule is C=C(F)C(=O)N1CCCC1c1ncccn1. The first-order valence-electron chi connectivity index (χ1n) is 5.12. The monoisotopic (exact) mass is 221 g/mol. The number of hydrogen-bond acceptors (Lipinski definition) is 3. The molecule has 0 spiro atoms. The average molecular weight is 221 g/mol. The van der Waals surface area contributed by atoms with E-state index in [9.17, 15) is 9.18 Å². The van der Waals surface area contributed by atoms with Crippen LogP contribution in [0.2, 0.25) is 0 Å². The highest BCUT2D eigenvalue weighted by Gasteiger charge is 2.32. The van der Waals surface area contributed by atoms with Crippen LogP contribution in [0.15, 0.2) is 30.9 Å². The molecule has 0 aromatic carbocycles. The number of aromatic nitrogens is 2. The number of halogens is 1. The Hall–Kier alpha value is -1.78. The molecule has 1 unspecified atom stereocenters. The Morgan fingerprint density at radius 3 is 2.81 bits per heavy atom. The number of amides is 1. The van der Waals surface area contributed by atoms with Crippen molar-refractivity contribution in [1.82, 2.24) is 14.9 Å². The van der Waals surface area contributed by atoms with Gasteiger partial charge in [-0.15, -0.1) is 0 Å². The third-order valence-electron chi connectivity index (χ3n) is 2.63. The van der Waals surface area contributed by atoms with Crippen LogP contribution in [0.3, 0.4) is 0 Å². The molecule has 1 aromatic heterocycles. The maximum absolute atomic E-state index is 12.8. The lowest BCUT2D eigenvalue weighted by molar-refractivity contribution is -0.129. The molecule has 16 heavy (non-hydrogen) atoms. The van der Waals surface area contributed by atoms with E-state index in [2.05, 4.69) is 16.5 Å². The second-order valence-corrected chi connectivity index (χ2v) is 3.67. The Kier molecular flexibility index (Phi) is 2.94. The third-order valence-corrected chi connectivity index (χ3v) is 2.63. The molecule has 0 saturated carbocycles. The van der Waals surface area contributed by atoms with Gasteiger partial charge in [0.05, 0.1) is 6.04 Å². The molecule has 1 fully saturated rings. The van der Waals surface area contributed by atoms with E-state index >= 15 is 0 Å². The highest BCUT2D eigenvalue weighted by Crippen LogP contribution is 2.30. The molecule has 2 rings (SSSR count). The number of nitrogens with zero attached hydrogens (tertiary/aromatic N) is 3. The van der Waals surface area contributed by atoms with Crippen molar-refractivity contribution >= 4 is 5.91 Å².